The predicted molar refractivity (Wildman–Crippen MR) is 83.8 cm³/mol. The quantitative estimate of drug-likeness (QED) is 0.858. The highest BCUT2D eigenvalue weighted by atomic mass is 32.2. The normalized spacial score (nSPS) is 12.9. The molecule has 0 fully saturated rings. The molecule has 2 N–H and O–H groups in total. The third-order valence-corrected chi connectivity index (χ3v) is 4.66. The Labute approximate surface area is 125 Å². The smallest absolute Gasteiger partial charge is 0.242 e. The third kappa shape index (κ3) is 4.03. The number of pyridine rings is 1. The first-order valence-electron chi connectivity index (χ1n) is 6.71. The molecule has 0 aliphatic heterocycles. The number of hydrogen-bond acceptors (Lipinski definition) is 4. The largest absolute Gasteiger partial charge is 0.373 e. The van der Waals surface area contributed by atoms with Crippen LogP contribution in [0.15, 0.2) is 53.6 Å². The molecule has 0 spiro atoms. The molecular weight excluding hydrogens is 286 g/mol. The second-order valence-electron chi connectivity index (χ2n) is 4.79. The van der Waals surface area contributed by atoms with Crippen LogP contribution < -0.4 is 10.0 Å². The Bertz CT molecular complexity index is 670. The average molecular weight is 305 g/mol. The number of rotatable bonds is 6. The summed E-state index contributed by atoms with van der Waals surface area (Å²) in [6, 6.07) is 13.0. The Morgan fingerprint density at radius 2 is 1.86 bits per heavy atom. The van der Waals surface area contributed by atoms with Crippen LogP contribution in [0.4, 0.5) is 5.82 Å². The summed E-state index contributed by atoms with van der Waals surface area (Å²) in [5.74, 6) is 0.733. The fourth-order valence-corrected chi connectivity index (χ4v) is 2.98. The molecule has 2 rings (SSSR count). The van der Waals surface area contributed by atoms with Crippen molar-refractivity contribution in [3.8, 4) is 0 Å². The molecular formula is C15H19N3O2S. The van der Waals surface area contributed by atoms with Crippen LogP contribution in [-0.2, 0) is 10.0 Å². The van der Waals surface area contributed by atoms with Crippen LogP contribution in [0, 0.1) is 0 Å². The maximum Gasteiger partial charge on any atom is 0.242 e. The number of benzene rings is 1. The van der Waals surface area contributed by atoms with Gasteiger partial charge in [-0.2, -0.15) is 0 Å². The van der Waals surface area contributed by atoms with Gasteiger partial charge in [0, 0.05) is 19.8 Å². The topological polar surface area (TPSA) is 71.1 Å². The summed E-state index contributed by atoms with van der Waals surface area (Å²) in [5.41, 5.74) is 1.10. The van der Waals surface area contributed by atoms with Crippen molar-refractivity contribution in [2.45, 2.75) is 17.7 Å². The van der Waals surface area contributed by atoms with Crippen molar-refractivity contribution in [3.05, 3.63) is 54.2 Å². The van der Waals surface area contributed by atoms with Gasteiger partial charge >= 0.3 is 0 Å². The molecule has 112 valence electrons. The Kier molecular flexibility index (Phi) is 4.93. The highest BCUT2D eigenvalue weighted by Gasteiger charge is 2.16. The van der Waals surface area contributed by atoms with Crippen LogP contribution in [0.3, 0.4) is 0 Å². The van der Waals surface area contributed by atoms with E-state index < -0.39 is 10.0 Å². The van der Waals surface area contributed by atoms with E-state index in [0.29, 0.717) is 12.4 Å². The molecule has 1 unspecified atom stereocenters. The monoisotopic (exact) mass is 305 g/mol. The fraction of sp³-hybridized carbons (Fsp3) is 0.267. The van der Waals surface area contributed by atoms with Crippen molar-refractivity contribution >= 4 is 15.8 Å². The van der Waals surface area contributed by atoms with Crippen LogP contribution in [0.5, 0.6) is 0 Å². The second-order valence-corrected chi connectivity index (χ2v) is 6.56. The molecule has 0 bridgehead atoms. The van der Waals surface area contributed by atoms with E-state index in [-0.39, 0.29) is 10.8 Å². The van der Waals surface area contributed by atoms with Gasteiger partial charge in [-0.25, -0.2) is 18.1 Å². The van der Waals surface area contributed by atoms with Gasteiger partial charge in [0.1, 0.15) is 10.7 Å². The lowest BCUT2D eigenvalue weighted by molar-refractivity contribution is 0.574. The minimum atomic E-state index is -3.53. The van der Waals surface area contributed by atoms with E-state index in [2.05, 4.69) is 15.0 Å². The SMILES string of the molecule is CNc1ccc(S(=O)(=O)NCC(C)c2ccccc2)cn1. The molecule has 6 heteroatoms. The Morgan fingerprint density at radius 1 is 1.14 bits per heavy atom. The molecule has 1 aromatic heterocycles. The highest BCUT2D eigenvalue weighted by molar-refractivity contribution is 7.89. The maximum atomic E-state index is 12.2. The highest BCUT2D eigenvalue weighted by Crippen LogP contribution is 2.15. The molecule has 0 radical (unpaired) electrons. The Morgan fingerprint density at radius 3 is 2.43 bits per heavy atom. The van der Waals surface area contributed by atoms with E-state index >= 15 is 0 Å². The van der Waals surface area contributed by atoms with Crippen molar-refractivity contribution in [1.82, 2.24) is 9.71 Å². The molecule has 1 aromatic carbocycles. The molecule has 2 aromatic rings. The van der Waals surface area contributed by atoms with Crippen molar-refractivity contribution in [1.29, 1.82) is 0 Å². The number of sulfonamides is 1. The van der Waals surface area contributed by atoms with Gasteiger partial charge in [-0.1, -0.05) is 37.3 Å². The molecule has 0 saturated heterocycles. The Hall–Kier alpha value is -1.92. The van der Waals surface area contributed by atoms with Crippen LogP contribution >= 0.6 is 0 Å². The van der Waals surface area contributed by atoms with Gasteiger partial charge in [-0.3, -0.25) is 0 Å². The van der Waals surface area contributed by atoms with E-state index in [1.807, 2.05) is 37.3 Å². The van der Waals surface area contributed by atoms with Crippen LogP contribution in [-0.4, -0.2) is 27.0 Å². The molecule has 21 heavy (non-hydrogen) atoms. The van der Waals surface area contributed by atoms with Crippen molar-refractivity contribution in [2.75, 3.05) is 18.9 Å². The first-order valence-corrected chi connectivity index (χ1v) is 8.19. The zero-order valence-electron chi connectivity index (χ0n) is 12.1. The molecule has 0 saturated carbocycles. The van der Waals surface area contributed by atoms with Gasteiger partial charge in [0.2, 0.25) is 10.0 Å². The number of nitrogens with one attached hydrogen (secondary N) is 2. The molecule has 5 nitrogen and oxygen atoms in total. The summed E-state index contributed by atoms with van der Waals surface area (Å²) >= 11 is 0. The van der Waals surface area contributed by atoms with E-state index in [1.54, 1.807) is 13.1 Å². The van der Waals surface area contributed by atoms with Crippen molar-refractivity contribution in [2.24, 2.45) is 0 Å². The van der Waals surface area contributed by atoms with Gasteiger partial charge in [-0.15, -0.1) is 0 Å². The minimum absolute atomic E-state index is 0.102. The number of hydrogen-bond donors (Lipinski definition) is 2. The van der Waals surface area contributed by atoms with E-state index in [0.717, 1.165) is 5.56 Å². The zero-order chi connectivity index (χ0) is 15.3. The summed E-state index contributed by atoms with van der Waals surface area (Å²) in [6.45, 7) is 2.33. The van der Waals surface area contributed by atoms with Gasteiger partial charge in [0.15, 0.2) is 0 Å². The van der Waals surface area contributed by atoms with Gasteiger partial charge in [0.05, 0.1) is 0 Å². The van der Waals surface area contributed by atoms with Crippen LogP contribution in [0.2, 0.25) is 0 Å². The molecule has 0 aliphatic rings. The minimum Gasteiger partial charge on any atom is -0.373 e. The second kappa shape index (κ2) is 6.69. The fourth-order valence-electron chi connectivity index (χ4n) is 1.90. The lowest BCUT2D eigenvalue weighted by Crippen LogP contribution is -2.27. The maximum absolute atomic E-state index is 12.2. The van der Waals surface area contributed by atoms with Crippen LogP contribution in [0.25, 0.3) is 0 Å². The molecule has 1 atom stereocenters. The van der Waals surface area contributed by atoms with E-state index in [4.69, 9.17) is 0 Å². The first kappa shape index (κ1) is 15.5. The lowest BCUT2D eigenvalue weighted by Gasteiger charge is -2.13. The first-order chi connectivity index (χ1) is 10.0. The molecule has 0 aliphatic carbocycles. The van der Waals surface area contributed by atoms with Crippen LogP contribution in [0.1, 0.15) is 18.4 Å². The number of aromatic nitrogens is 1. The van der Waals surface area contributed by atoms with Crippen molar-refractivity contribution < 1.29 is 8.42 Å². The lowest BCUT2D eigenvalue weighted by atomic mass is 10.0. The van der Waals surface area contributed by atoms with Crippen molar-refractivity contribution in [3.63, 3.8) is 0 Å². The summed E-state index contributed by atoms with van der Waals surface area (Å²) < 4.78 is 27.0. The van der Waals surface area contributed by atoms with Gasteiger partial charge < -0.3 is 5.32 Å². The molecule has 0 amide bonds. The number of anilines is 1. The standard InChI is InChI=1S/C15H19N3O2S/c1-12(13-6-4-3-5-7-13)10-18-21(19,20)14-8-9-15(16-2)17-11-14/h3-9,11-12,18H,10H2,1-2H3,(H,16,17). The third-order valence-electron chi connectivity index (χ3n) is 3.25. The van der Waals surface area contributed by atoms with Gasteiger partial charge in [0.25, 0.3) is 0 Å². The Balaban J connectivity index is 2.04. The van der Waals surface area contributed by atoms with E-state index in [9.17, 15) is 8.42 Å². The zero-order valence-corrected chi connectivity index (χ0v) is 12.9. The number of nitrogens with zero attached hydrogens (tertiary/aromatic N) is 1. The summed E-state index contributed by atoms with van der Waals surface area (Å²) in [4.78, 5) is 4.19. The summed E-state index contributed by atoms with van der Waals surface area (Å²) in [7, 11) is -1.80. The predicted octanol–water partition coefficient (Wildman–Crippen LogP) is 2.21. The summed E-state index contributed by atoms with van der Waals surface area (Å²) in [6.07, 6.45) is 1.35. The van der Waals surface area contributed by atoms with Gasteiger partial charge in [-0.05, 0) is 23.6 Å². The van der Waals surface area contributed by atoms with E-state index in [1.165, 1.54) is 12.3 Å². The summed E-state index contributed by atoms with van der Waals surface area (Å²) in [5, 5.41) is 2.85. The molecule has 1 heterocycles. The average Bonchev–Trinajstić information content (AvgIpc) is 2.53.